The zero-order valence-corrected chi connectivity index (χ0v) is 14.7. The maximum absolute atomic E-state index is 11.8. The van der Waals surface area contributed by atoms with Gasteiger partial charge in [0.1, 0.15) is 0 Å². The highest BCUT2D eigenvalue weighted by atomic mass is 16.1. The van der Waals surface area contributed by atoms with E-state index in [4.69, 9.17) is 0 Å². The van der Waals surface area contributed by atoms with Crippen molar-refractivity contribution in [3.8, 4) is 0 Å². The molecule has 0 aromatic heterocycles. The first-order chi connectivity index (χ1) is 9.81. The minimum Gasteiger partial charge on any atom is -0.351 e. The highest BCUT2D eigenvalue weighted by Crippen LogP contribution is 2.19. The number of hydrogen-bond donors (Lipinski definition) is 2. The fraction of sp³-hybridized carbons (Fsp3) is 0.941. The molecule has 0 aromatic rings. The van der Waals surface area contributed by atoms with Crippen LogP contribution in [0.15, 0.2) is 0 Å². The van der Waals surface area contributed by atoms with Crippen LogP contribution in [0.3, 0.4) is 0 Å². The van der Waals surface area contributed by atoms with Crippen molar-refractivity contribution in [3.63, 3.8) is 0 Å². The Morgan fingerprint density at radius 2 is 2.10 bits per heavy atom. The summed E-state index contributed by atoms with van der Waals surface area (Å²) in [7, 11) is 0. The van der Waals surface area contributed by atoms with Gasteiger partial charge in [0.05, 0.1) is 0 Å². The molecule has 1 fully saturated rings. The summed E-state index contributed by atoms with van der Waals surface area (Å²) in [5.74, 6) is 0.856. The fourth-order valence-corrected chi connectivity index (χ4v) is 3.08. The molecule has 2 N–H and O–H groups in total. The van der Waals surface area contributed by atoms with Crippen LogP contribution in [0, 0.1) is 5.92 Å². The van der Waals surface area contributed by atoms with Gasteiger partial charge < -0.3 is 15.5 Å². The largest absolute Gasteiger partial charge is 0.351 e. The average Bonchev–Trinajstić information content (AvgIpc) is 2.37. The maximum atomic E-state index is 11.8. The summed E-state index contributed by atoms with van der Waals surface area (Å²) in [5.41, 5.74) is -0.132. The van der Waals surface area contributed by atoms with E-state index in [1.807, 2.05) is 20.8 Å². The van der Waals surface area contributed by atoms with E-state index in [1.165, 1.54) is 38.9 Å². The molecule has 0 aromatic carbocycles. The van der Waals surface area contributed by atoms with Crippen LogP contribution in [-0.2, 0) is 4.79 Å². The van der Waals surface area contributed by atoms with Crippen molar-refractivity contribution in [2.24, 2.45) is 5.92 Å². The summed E-state index contributed by atoms with van der Waals surface area (Å²) < 4.78 is 0. The van der Waals surface area contributed by atoms with Crippen LogP contribution in [0.1, 0.15) is 60.3 Å². The molecule has 0 spiro atoms. The topological polar surface area (TPSA) is 44.4 Å². The maximum Gasteiger partial charge on any atom is 0.221 e. The average molecular weight is 297 g/mol. The Morgan fingerprint density at radius 1 is 1.38 bits per heavy atom. The molecule has 1 aliphatic rings. The number of rotatable bonds is 7. The Bertz CT molecular complexity index is 310. The van der Waals surface area contributed by atoms with Gasteiger partial charge in [0, 0.05) is 31.1 Å². The van der Waals surface area contributed by atoms with Crippen molar-refractivity contribution in [3.05, 3.63) is 0 Å². The molecule has 1 heterocycles. The van der Waals surface area contributed by atoms with Crippen LogP contribution in [0.5, 0.6) is 0 Å². The van der Waals surface area contributed by atoms with Crippen molar-refractivity contribution >= 4 is 5.91 Å². The normalized spacial score (nSPS) is 22.0. The van der Waals surface area contributed by atoms with E-state index in [-0.39, 0.29) is 11.4 Å². The lowest BCUT2D eigenvalue weighted by Crippen LogP contribution is -2.46. The molecule has 0 saturated carbocycles. The Hall–Kier alpha value is -0.610. The van der Waals surface area contributed by atoms with Crippen molar-refractivity contribution in [2.75, 3.05) is 26.2 Å². The second-order valence-corrected chi connectivity index (χ2v) is 7.49. The van der Waals surface area contributed by atoms with Crippen LogP contribution in [0.4, 0.5) is 0 Å². The smallest absolute Gasteiger partial charge is 0.221 e. The van der Waals surface area contributed by atoms with Gasteiger partial charge in [0.2, 0.25) is 5.91 Å². The minimum absolute atomic E-state index is 0.132. The van der Waals surface area contributed by atoms with Gasteiger partial charge in [0.25, 0.3) is 0 Å². The molecule has 0 aliphatic carbocycles. The van der Waals surface area contributed by atoms with Crippen LogP contribution in [0.25, 0.3) is 0 Å². The second kappa shape index (κ2) is 8.74. The Balaban J connectivity index is 2.24. The monoisotopic (exact) mass is 297 g/mol. The number of carbonyl (C=O) groups is 1. The van der Waals surface area contributed by atoms with E-state index in [0.717, 1.165) is 12.5 Å². The molecule has 1 saturated heterocycles. The number of hydrogen-bond acceptors (Lipinski definition) is 3. The molecule has 0 bridgehead atoms. The first-order valence-corrected chi connectivity index (χ1v) is 8.58. The fourth-order valence-electron chi connectivity index (χ4n) is 3.08. The van der Waals surface area contributed by atoms with Gasteiger partial charge in [-0.1, -0.05) is 6.92 Å². The molecule has 2 atom stereocenters. The molecule has 1 rings (SSSR count). The second-order valence-electron chi connectivity index (χ2n) is 7.49. The molecule has 21 heavy (non-hydrogen) atoms. The van der Waals surface area contributed by atoms with Crippen molar-refractivity contribution in [1.29, 1.82) is 0 Å². The van der Waals surface area contributed by atoms with E-state index in [1.54, 1.807) is 0 Å². The molecular weight excluding hydrogens is 262 g/mol. The third-order valence-electron chi connectivity index (χ3n) is 4.12. The summed E-state index contributed by atoms with van der Waals surface area (Å²) in [6.45, 7) is 15.0. The van der Waals surface area contributed by atoms with Gasteiger partial charge >= 0.3 is 0 Å². The first-order valence-electron chi connectivity index (χ1n) is 8.58. The quantitative estimate of drug-likeness (QED) is 0.758. The number of nitrogens with zero attached hydrogens (tertiary/aromatic N) is 1. The molecule has 124 valence electrons. The molecule has 4 heteroatoms. The summed E-state index contributed by atoms with van der Waals surface area (Å²) in [5, 5.41) is 6.55. The highest BCUT2D eigenvalue weighted by Gasteiger charge is 2.24. The Labute approximate surface area is 131 Å². The van der Waals surface area contributed by atoms with Gasteiger partial charge in [-0.25, -0.2) is 0 Å². The van der Waals surface area contributed by atoms with E-state index in [2.05, 4.69) is 29.4 Å². The van der Waals surface area contributed by atoms with Gasteiger partial charge in [-0.2, -0.15) is 0 Å². The number of amides is 1. The molecule has 1 aliphatic heterocycles. The lowest BCUT2D eigenvalue weighted by molar-refractivity contribution is -0.122. The minimum atomic E-state index is -0.132. The van der Waals surface area contributed by atoms with Crippen LogP contribution < -0.4 is 10.6 Å². The molecule has 1 amide bonds. The summed E-state index contributed by atoms with van der Waals surface area (Å²) in [6.07, 6.45) is 4.41. The molecule has 4 nitrogen and oxygen atoms in total. The van der Waals surface area contributed by atoms with Crippen molar-refractivity contribution in [2.45, 2.75) is 71.9 Å². The van der Waals surface area contributed by atoms with Crippen LogP contribution >= 0.6 is 0 Å². The van der Waals surface area contributed by atoms with Gasteiger partial charge in [-0.05, 0) is 66.0 Å². The summed E-state index contributed by atoms with van der Waals surface area (Å²) >= 11 is 0. The standard InChI is InChI=1S/C17H35N3O/c1-6-11-20-12-7-8-15(13-20)14(2)18-10-9-16(21)19-17(3,4)5/h14-15,18H,6-13H2,1-5H3,(H,19,21). The highest BCUT2D eigenvalue weighted by molar-refractivity contribution is 5.76. The summed E-state index contributed by atoms with van der Waals surface area (Å²) in [6, 6.07) is 0.493. The molecular formula is C17H35N3O. The van der Waals surface area contributed by atoms with Gasteiger partial charge in [-0.3, -0.25) is 4.79 Å². The Morgan fingerprint density at radius 3 is 2.71 bits per heavy atom. The van der Waals surface area contributed by atoms with Crippen molar-refractivity contribution in [1.82, 2.24) is 15.5 Å². The van der Waals surface area contributed by atoms with E-state index in [9.17, 15) is 4.79 Å². The van der Waals surface area contributed by atoms with Gasteiger partial charge in [-0.15, -0.1) is 0 Å². The number of likely N-dealkylation sites (tertiary alicyclic amines) is 1. The summed E-state index contributed by atoms with van der Waals surface area (Å²) in [4.78, 5) is 14.4. The lowest BCUT2D eigenvalue weighted by Gasteiger charge is -2.36. The molecule has 2 unspecified atom stereocenters. The van der Waals surface area contributed by atoms with Crippen LogP contribution in [0.2, 0.25) is 0 Å². The number of piperidine rings is 1. The van der Waals surface area contributed by atoms with Crippen LogP contribution in [-0.4, -0.2) is 48.6 Å². The zero-order chi connectivity index (χ0) is 15.9. The number of carbonyl (C=O) groups excluding carboxylic acids is 1. The lowest BCUT2D eigenvalue weighted by atomic mass is 9.91. The third kappa shape index (κ3) is 7.82. The Kier molecular flexibility index (Phi) is 7.67. The predicted octanol–water partition coefficient (Wildman–Crippen LogP) is 2.39. The first kappa shape index (κ1) is 18.4. The van der Waals surface area contributed by atoms with E-state index < -0.39 is 0 Å². The van der Waals surface area contributed by atoms with E-state index >= 15 is 0 Å². The number of nitrogens with one attached hydrogen (secondary N) is 2. The predicted molar refractivity (Wildman–Crippen MR) is 89.4 cm³/mol. The van der Waals surface area contributed by atoms with E-state index in [0.29, 0.717) is 12.5 Å². The third-order valence-corrected chi connectivity index (χ3v) is 4.12. The zero-order valence-electron chi connectivity index (χ0n) is 14.7. The van der Waals surface area contributed by atoms with Gasteiger partial charge in [0.15, 0.2) is 0 Å². The van der Waals surface area contributed by atoms with Crippen molar-refractivity contribution < 1.29 is 4.79 Å². The molecule has 0 radical (unpaired) electrons. The SMILES string of the molecule is CCCN1CCCC(C(C)NCCC(=O)NC(C)(C)C)C1.